The normalized spacial score (nSPS) is 22.0. The predicted molar refractivity (Wildman–Crippen MR) is 85.0 cm³/mol. The summed E-state index contributed by atoms with van der Waals surface area (Å²) < 4.78 is 0. The largest absolute Gasteiger partial charge is 0.382 e. The molecule has 1 fully saturated rings. The molecule has 0 radical (unpaired) electrons. The van der Waals surface area contributed by atoms with Crippen molar-refractivity contribution in [2.45, 2.75) is 52.5 Å². The van der Waals surface area contributed by atoms with E-state index in [1.807, 2.05) is 32.0 Å². The van der Waals surface area contributed by atoms with Gasteiger partial charge in [0.2, 0.25) is 5.91 Å². The summed E-state index contributed by atoms with van der Waals surface area (Å²) in [5, 5.41) is 6.59. The van der Waals surface area contributed by atoms with E-state index in [0.717, 1.165) is 17.3 Å². The molecule has 0 bridgehead atoms. The minimum atomic E-state index is 0.00548. The molecule has 3 heteroatoms. The SMILES string of the molecule is CCC1CCCC1Nc1cccc(NC(=O)C(C)C)c1. The van der Waals surface area contributed by atoms with Gasteiger partial charge in [-0.15, -0.1) is 0 Å². The summed E-state index contributed by atoms with van der Waals surface area (Å²) >= 11 is 0. The van der Waals surface area contributed by atoms with Crippen molar-refractivity contribution in [3.63, 3.8) is 0 Å². The van der Waals surface area contributed by atoms with Crippen LogP contribution in [0.5, 0.6) is 0 Å². The van der Waals surface area contributed by atoms with E-state index in [1.54, 1.807) is 0 Å². The Hall–Kier alpha value is -1.51. The molecule has 0 spiro atoms. The van der Waals surface area contributed by atoms with Crippen LogP contribution < -0.4 is 10.6 Å². The average molecular weight is 274 g/mol. The third-order valence-electron chi connectivity index (χ3n) is 4.19. The summed E-state index contributed by atoms with van der Waals surface area (Å²) in [5.41, 5.74) is 1.98. The number of anilines is 2. The highest BCUT2D eigenvalue weighted by atomic mass is 16.1. The smallest absolute Gasteiger partial charge is 0.226 e. The van der Waals surface area contributed by atoms with Crippen LogP contribution in [0, 0.1) is 11.8 Å². The lowest BCUT2D eigenvalue weighted by molar-refractivity contribution is -0.118. The van der Waals surface area contributed by atoms with E-state index >= 15 is 0 Å². The molecule has 0 aromatic heterocycles. The lowest BCUT2D eigenvalue weighted by atomic mass is 10.0. The van der Waals surface area contributed by atoms with Crippen molar-refractivity contribution in [1.29, 1.82) is 0 Å². The van der Waals surface area contributed by atoms with Crippen LogP contribution in [0.2, 0.25) is 0 Å². The molecule has 110 valence electrons. The van der Waals surface area contributed by atoms with Crippen LogP contribution in [-0.4, -0.2) is 11.9 Å². The Morgan fingerprint density at radius 1 is 1.30 bits per heavy atom. The van der Waals surface area contributed by atoms with Gasteiger partial charge >= 0.3 is 0 Å². The molecule has 1 aromatic carbocycles. The Labute approximate surface area is 122 Å². The monoisotopic (exact) mass is 274 g/mol. The molecule has 2 atom stereocenters. The van der Waals surface area contributed by atoms with Gasteiger partial charge in [-0.25, -0.2) is 0 Å². The minimum Gasteiger partial charge on any atom is -0.382 e. The summed E-state index contributed by atoms with van der Waals surface area (Å²) in [6.07, 6.45) is 5.14. The molecule has 1 aliphatic carbocycles. The van der Waals surface area contributed by atoms with Crippen molar-refractivity contribution in [3.8, 4) is 0 Å². The summed E-state index contributed by atoms with van der Waals surface area (Å²) in [6, 6.07) is 8.63. The van der Waals surface area contributed by atoms with Gasteiger partial charge in [0.05, 0.1) is 0 Å². The molecule has 1 aromatic rings. The fourth-order valence-electron chi connectivity index (χ4n) is 2.90. The summed E-state index contributed by atoms with van der Waals surface area (Å²) in [7, 11) is 0. The van der Waals surface area contributed by atoms with Crippen LogP contribution in [0.25, 0.3) is 0 Å². The minimum absolute atomic E-state index is 0.00548. The summed E-state index contributed by atoms with van der Waals surface area (Å²) in [5.74, 6) is 0.851. The fraction of sp³-hybridized carbons (Fsp3) is 0.588. The zero-order chi connectivity index (χ0) is 14.5. The third kappa shape index (κ3) is 3.75. The summed E-state index contributed by atoms with van der Waals surface area (Å²) in [6.45, 7) is 6.08. The molecule has 3 nitrogen and oxygen atoms in total. The number of rotatable bonds is 5. The number of hydrogen-bond acceptors (Lipinski definition) is 2. The molecule has 0 aliphatic heterocycles. The second-order valence-corrected chi connectivity index (χ2v) is 6.07. The quantitative estimate of drug-likeness (QED) is 0.841. The second kappa shape index (κ2) is 6.78. The zero-order valence-corrected chi connectivity index (χ0v) is 12.8. The van der Waals surface area contributed by atoms with Crippen molar-refractivity contribution in [1.82, 2.24) is 0 Å². The predicted octanol–water partition coefficient (Wildman–Crippen LogP) is 4.27. The first kappa shape index (κ1) is 14.9. The lowest BCUT2D eigenvalue weighted by Crippen LogP contribution is -2.23. The van der Waals surface area contributed by atoms with Gasteiger partial charge < -0.3 is 10.6 Å². The van der Waals surface area contributed by atoms with Gasteiger partial charge in [-0.3, -0.25) is 4.79 Å². The molecule has 1 saturated carbocycles. The van der Waals surface area contributed by atoms with Crippen molar-refractivity contribution in [2.75, 3.05) is 10.6 Å². The van der Waals surface area contributed by atoms with Gasteiger partial charge in [0.1, 0.15) is 0 Å². The van der Waals surface area contributed by atoms with Crippen LogP contribution in [0.1, 0.15) is 46.5 Å². The molecule has 0 heterocycles. The van der Waals surface area contributed by atoms with Crippen molar-refractivity contribution in [2.24, 2.45) is 11.8 Å². The Morgan fingerprint density at radius 2 is 2.05 bits per heavy atom. The number of benzene rings is 1. The standard InChI is InChI=1S/C17H26N2O/c1-4-13-7-5-10-16(13)18-14-8-6-9-15(11-14)19-17(20)12(2)3/h6,8-9,11-13,16,18H,4-5,7,10H2,1-3H3,(H,19,20). The van der Waals surface area contributed by atoms with Crippen molar-refractivity contribution in [3.05, 3.63) is 24.3 Å². The maximum absolute atomic E-state index is 11.7. The lowest BCUT2D eigenvalue weighted by Gasteiger charge is -2.21. The van der Waals surface area contributed by atoms with Gasteiger partial charge in [-0.1, -0.05) is 39.7 Å². The molecule has 2 unspecified atom stereocenters. The first-order valence-electron chi connectivity index (χ1n) is 7.77. The molecule has 2 N–H and O–H groups in total. The van der Waals surface area contributed by atoms with E-state index in [1.165, 1.54) is 25.7 Å². The van der Waals surface area contributed by atoms with E-state index in [9.17, 15) is 4.79 Å². The molecule has 2 rings (SSSR count). The highest BCUT2D eigenvalue weighted by Gasteiger charge is 2.25. The Bertz CT molecular complexity index is 456. The van der Waals surface area contributed by atoms with Crippen LogP contribution in [0.3, 0.4) is 0 Å². The summed E-state index contributed by atoms with van der Waals surface area (Å²) in [4.78, 5) is 11.7. The molecule has 0 saturated heterocycles. The van der Waals surface area contributed by atoms with Crippen LogP contribution >= 0.6 is 0 Å². The molecule has 20 heavy (non-hydrogen) atoms. The first-order chi connectivity index (χ1) is 9.60. The van der Waals surface area contributed by atoms with Gasteiger partial charge in [0.15, 0.2) is 0 Å². The van der Waals surface area contributed by atoms with E-state index in [0.29, 0.717) is 6.04 Å². The Morgan fingerprint density at radius 3 is 2.75 bits per heavy atom. The number of amides is 1. The first-order valence-corrected chi connectivity index (χ1v) is 7.77. The second-order valence-electron chi connectivity index (χ2n) is 6.07. The molecular formula is C17H26N2O. The zero-order valence-electron chi connectivity index (χ0n) is 12.8. The molecule has 1 amide bonds. The van der Waals surface area contributed by atoms with Crippen LogP contribution in [0.15, 0.2) is 24.3 Å². The van der Waals surface area contributed by atoms with Gasteiger partial charge in [0, 0.05) is 23.3 Å². The number of nitrogens with one attached hydrogen (secondary N) is 2. The number of carbonyl (C=O) groups is 1. The van der Waals surface area contributed by atoms with Crippen molar-refractivity contribution < 1.29 is 4.79 Å². The number of carbonyl (C=O) groups excluding carboxylic acids is 1. The maximum atomic E-state index is 11.7. The van der Waals surface area contributed by atoms with Crippen LogP contribution in [0.4, 0.5) is 11.4 Å². The molecule has 1 aliphatic rings. The number of hydrogen-bond donors (Lipinski definition) is 2. The topological polar surface area (TPSA) is 41.1 Å². The van der Waals surface area contributed by atoms with Crippen LogP contribution in [-0.2, 0) is 4.79 Å². The average Bonchev–Trinajstić information content (AvgIpc) is 2.86. The van der Waals surface area contributed by atoms with E-state index in [-0.39, 0.29) is 11.8 Å². The van der Waals surface area contributed by atoms with E-state index < -0.39 is 0 Å². The fourth-order valence-corrected chi connectivity index (χ4v) is 2.90. The van der Waals surface area contributed by atoms with Gasteiger partial charge in [0.25, 0.3) is 0 Å². The Balaban J connectivity index is 2.00. The van der Waals surface area contributed by atoms with Gasteiger partial charge in [-0.2, -0.15) is 0 Å². The molecular weight excluding hydrogens is 248 g/mol. The van der Waals surface area contributed by atoms with Crippen molar-refractivity contribution >= 4 is 17.3 Å². The highest BCUT2D eigenvalue weighted by molar-refractivity contribution is 5.92. The third-order valence-corrected chi connectivity index (χ3v) is 4.19. The van der Waals surface area contributed by atoms with Gasteiger partial charge in [-0.05, 0) is 37.0 Å². The van der Waals surface area contributed by atoms with E-state index in [2.05, 4.69) is 23.6 Å². The Kier molecular flexibility index (Phi) is 5.05. The van der Waals surface area contributed by atoms with E-state index in [4.69, 9.17) is 0 Å². The maximum Gasteiger partial charge on any atom is 0.226 e. The highest BCUT2D eigenvalue weighted by Crippen LogP contribution is 2.31.